The molecule has 0 saturated heterocycles. The number of para-hydroxylation sites is 2. The summed E-state index contributed by atoms with van der Waals surface area (Å²) in [5.74, 6) is 0.00900. The number of anilines is 1. The van der Waals surface area contributed by atoms with Crippen LogP contribution < -0.4 is 4.90 Å². The number of fused-ring (bicyclic) bond motifs is 1. The number of rotatable bonds is 3. The normalized spacial score (nSPS) is 15.0. The number of hydrogen-bond acceptors (Lipinski definition) is 2. The Labute approximate surface area is 118 Å². The maximum absolute atomic E-state index is 13.8. The predicted octanol–water partition coefficient (Wildman–Crippen LogP) is 4.15. The van der Waals surface area contributed by atoms with E-state index in [-0.39, 0.29) is 11.7 Å². The first-order chi connectivity index (χ1) is 9.75. The molecule has 2 nitrogen and oxygen atoms in total. The van der Waals surface area contributed by atoms with Crippen LogP contribution in [0.15, 0.2) is 53.5 Å². The van der Waals surface area contributed by atoms with E-state index in [0.29, 0.717) is 0 Å². The van der Waals surface area contributed by atoms with E-state index in [1.54, 1.807) is 6.07 Å². The Bertz CT molecular complexity index is 636. The molecule has 2 aromatic rings. The van der Waals surface area contributed by atoms with Gasteiger partial charge in [0, 0.05) is 18.7 Å². The number of hydrogen-bond donors (Lipinski definition) is 0. The van der Waals surface area contributed by atoms with Gasteiger partial charge in [0.1, 0.15) is 5.82 Å². The van der Waals surface area contributed by atoms with E-state index in [1.807, 2.05) is 36.5 Å². The Morgan fingerprint density at radius 1 is 1.15 bits per heavy atom. The highest BCUT2D eigenvalue weighted by atomic mass is 19.1. The van der Waals surface area contributed by atoms with Crippen LogP contribution in [0.25, 0.3) is 0 Å². The van der Waals surface area contributed by atoms with Crippen LogP contribution in [0, 0.1) is 5.82 Å². The van der Waals surface area contributed by atoms with E-state index in [0.717, 1.165) is 30.0 Å². The molecule has 3 rings (SSSR count). The highest BCUT2D eigenvalue weighted by Crippen LogP contribution is 2.32. The van der Waals surface area contributed by atoms with Gasteiger partial charge in [0.25, 0.3) is 0 Å². The van der Waals surface area contributed by atoms with Gasteiger partial charge in [0.05, 0.1) is 17.9 Å². The largest absolute Gasteiger partial charge is 0.364 e. The molecule has 1 unspecified atom stereocenters. The van der Waals surface area contributed by atoms with Crippen LogP contribution in [-0.4, -0.2) is 19.3 Å². The van der Waals surface area contributed by atoms with E-state index in [1.165, 1.54) is 6.07 Å². The Hall–Kier alpha value is -2.16. The number of nitrogens with zero attached hydrogens (tertiary/aromatic N) is 2. The highest BCUT2D eigenvalue weighted by Gasteiger charge is 2.18. The summed E-state index contributed by atoms with van der Waals surface area (Å²) in [5.41, 5.74) is 2.88. The quantitative estimate of drug-likeness (QED) is 0.816. The summed E-state index contributed by atoms with van der Waals surface area (Å²) in [5, 5.41) is 0. The fraction of sp³-hybridized carbons (Fsp3) is 0.235. The van der Waals surface area contributed by atoms with Gasteiger partial charge in [-0.3, -0.25) is 4.99 Å². The molecule has 3 heteroatoms. The summed E-state index contributed by atoms with van der Waals surface area (Å²) in [6, 6.07) is 15.1. The molecule has 1 heterocycles. The van der Waals surface area contributed by atoms with E-state index in [4.69, 9.17) is 0 Å². The fourth-order valence-corrected chi connectivity index (χ4v) is 2.65. The van der Waals surface area contributed by atoms with Crippen LogP contribution in [0.1, 0.15) is 18.4 Å². The predicted molar refractivity (Wildman–Crippen MR) is 81.6 cm³/mol. The molecule has 0 aliphatic carbocycles. The minimum absolute atomic E-state index is 0.126. The average Bonchev–Trinajstić information content (AvgIpc) is 2.48. The first-order valence-electron chi connectivity index (χ1n) is 6.86. The summed E-state index contributed by atoms with van der Waals surface area (Å²) in [7, 11) is 0. The van der Waals surface area contributed by atoms with Crippen molar-refractivity contribution in [2.24, 2.45) is 4.99 Å². The molecule has 0 saturated carbocycles. The van der Waals surface area contributed by atoms with Gasteiger partial charge >= 0.3 is 0 Å². The van der Waals surface area contributed by atoms with Crippen molar-refractivity contribution in [3.63, 3.8) is 0 Å². The Morgan fingerprint density at radius 3 is 2.75 bits per heavy atom. The third-order valence-electron chi connectivity index (χ3n) is 3.69. The van der Waals surface area contributed by atoms with Gasteiger partial charge in [-0.05, 0) is 23.8 Å². The summed E-state index contributed by atoms with van der Waals surface area (Å²) < 4.78 is 13.8. The van der Waals surface area contributed by atoms with Crippen molar-refractivity contribution >= 4 is 17.6 Å². The molecule has 0 bridgehead atoms. The average molecular weight is 268 g/mol. The molecule has 0 N–H and O–H groups in total. The third kappa shape index (κ3) is 2.44. The van der Waals surface area contributed by atoms with E-state index in [2.05, 4.69) is 22.9 Å². The molecule has 20 heavy (non-hydrogen) atoms. The molecule has 0 radical (unpaired) electrons. The third-order valence-corrected chi connectivity index (χ3v) is 3.69. The molecule has 2 aromatic carbocycles. The van der Waals surface area contributed by atoms with E-state index in [9.17, 15) is 4.39 Å². The van der Waals surface area contributed by atoms with Gasteiger partial charge in [-0.1, -0.05) is 37.3 Å². The van der Waals surface area contributed by atoms with E-state index < -0.39 is 0 Å². The molecule has 1 aliphatic rings. The van der Waals surface area contributed by atoms with Crippen molar-refractivity contribution in [2.75, 3.05) is 18.0 Å². The molecule has 0 aromatic heterocycles. The second-order valence-electron chi connectivity index (χ2n) is 5.13. The maximum atomic E-state index is 13.8. The second-order valence-corrected chi connectivity index (χ2v) is 5.13. The first kappa shape index (κ1) is 12.9. The molecular formula is C17H17FN2. The Morgan fingerprint density at radius 2 is 1.90 bits per heavy atom. The van der Waals surface area contributed by atoms with Crippen molar-refractivity contribution in [3.8, 4) is 0 Å². The number of aliphatic imine (C=N–C) groups is 1. The van der Waals surface area contributed by atoms with Crippen LogP contribution in [0.2, 0.25) is 0 Å². The molecule has 102 valence electrons. The highest BCUT2D eigenvalue weighted by molar-refractivity contribution is 5.81. The summed E-state index contributed by atoms with van der Waals surface area (Å²) >= 11 is 0. The lowest BCUT2D eigenvalue weighted by molar-refractivity contribution is 0.586. The zero-order chi connectivity index (χ0) is 13.9. The van der Waals surface area contributed by atoms with Crippen molar-refractivity contribution in [2.45, 2.75) is 12.8 Å². The van der Waals surface area contributed by atoms with Crippen molar-refractivity contribution in [1.82, 2.24) is 0 Å². The van der Waals surface area contributed by atoms with Crippen molar-refractivity contribution in [3.05, 3.63) is 59.9 Å². The van der Waals surface area contributed by atoms with Crippen LogP contribution in [0.3, 0.4) is 0 Å². The summed E-state index contributed by atoms with van der Waals surface area (Å²) in [4.78, 5) is 6.65. The lowest BCUT2D eigenvalue weighted by atomic mass is 9.99. The molecule has 0 amide bonds. The summed E-state index contributed by atoms with van der Waals surface area (Å²) in [6.45, 7) is 3.62. The topological polar surface area (TPSA) is 15.6 Å². The number of halogens is 1. The fourth-order valence-electron chi connectivity index (χ4n) is 2.65. The SMILES string of the molecule is CC(CN1CC=Nc2ccccc21)c1ccccc1F. The first-order valence-corrected chi connectivity index (χ1v) is 6.86. The molecule has 1 atom stereocenters. The lowest BCUT2D eigenvalue weighted by Crippen LogP contribution is -2.31. The second kappa shape index (κ2) is 5.45. The van der Waals surface area contributed by atoms with Crippen LogP contribution in [-0.2, 0) is 0 Å². The number of benzene rings is 2. The summed E-state index contributed by atoms with van der Waals surface area (Å²) in [6.07, 6.45) is 1.91. The monoisotopic (exact) mass is 268 g/mol. The van der Waals surface area contributed by atoms with Gasteiger partial charge in [0.2, 0.25) is 0 Å². The van der Waals surface area contributed by atoms with Gasteiger partial charge in [-0.15, -0.1) is 0 Å². The van der Waals surface area contributed by atoms with Gasteiger partial charge in [0.15, 0.2) is 0 Å². The maximum Gasteiger partial charge on any atom is 0.126 e. The van der Waals surface area contributed by atoms with Gasteiger partial charge in [-0.2, -0.15) is 0 Å². The minimum atomic E-state index is -0.126. The Kier molecular flexibility index (Phi) is 3.50. The zero-order valence-electron chi connectivity index (χ0n) is 11.5. The van der Waals surface area contributed by atoms with Crippen molar-refractivity contribution < 1.29 is 4.39 Å². The van der Waals surface area contributed by atoms with Crippen LogP contribution in [0.5, 0.6) is 0 Å². The lowest BCUT2D eigenvalue weighted by Gasteiger charge is -2.30. The van der Waals surface area contributed by atoms with Crippen LogP contribution >= 0.6 is 0 Å². The Balaban J connectivity index is 1.82. The van der Waals surface area contributed by atoms with Gasteiger partial charge in [-0.25, -0.2) is 4.39 Å². The van der Waals surface area contributed by atoms with Crippen LogP contribution in [0.4, 0.5) is 15.8 Å². The minimum Gasteiger partial charge on any atom is -0.364 e. The van der Waals surface area contributed by atoms with E-state index >= 15 is 0 Å². The standard InChI is InChI=1S/C17H17FN2/c1-13(14-6-2-3-7-15(14)18)12-20-11-10-19-16-8-4-5-9-17(16)20/h2-10,13H,11-12H2,1H3. The molecule has 1 aliphatic heterocycles. The smallest absolute Gasteiger partial charge is 0.126 e. The molecule has 0 fully saturated rings. The molecular weight excluding hydrogens is 251 g/mol. The zero-order valence-corrected chi connectivity index (χ0v) is 11.5. The van der Waals surface area contributed by atoms with Gasteiger partial charge < -0.3 is 4.90 Å². The molecule has 0 spiro atoms. The van der Waals surface area contributed by atoms with Crippen molar-refractivity contribution in [1.29, 1.82) is 0 Å².